The average Bonchev–Trinajstić information content (AvgIpc) is 2.43. The number of carbonyl (C=O) groups excluding carboxylic acids is 1. The van der Waals surface area contributed by atoms with Gasteiger partial charge in [0.2, 0.25) is 0 Å². The van der Waals surface area contributed by atoms with Crippen LogP contribution >= 0.6 is 67.8 Å². The molecule has 1 aromatic carbocycles. The molecule has 1 rings (SSSR count). The Balaban J connectivity index is 3.15. The third kappa shape index (κ3) is 5.10. The van der Waals surface area contributed by atoms with Crippen LogP contribution < -0.4 is 5.32 Å². The van der Waals surface area contributed by atoms with Crippen molar-refractivity contribution in [3.63, 3.8) is 0 Å². The average molecular weight is 633 g/mol. The van der Waals surface area contributed by atoms with Gasteiger partial charge in [-0.25, -0.2) is 0 Å². The molecule has 21 heavy (non-hydrogen) atoms. The van der Waals surface area contributed by atoms with E-state index in [1.54, 1.807) is 6.07 Å². The highest BCUT2D eigenvalue weighted by molar-refractivity contribution is 14.1. The van der Waals surface area contributed by atoms with E-state index in [0.29, 0.717) is 18.3 Å². The van der Waals surface area contributed by atoms with Gasteiger partial charge in [0.15, 0.2) is 0 Å². The van der Waals surface area contributed by atoms with E-state index in [4.69, 9.17) is 10.2 Å². The number of hydrogen-bond acceptors (Lipinski definition) is 5. The molecule has 0 aliphatic carbocycles. The third-order valence-electron chi connectivity index (χ3n) is 2.65. The first-order valence-electron chi connectivity index (χ1n) is 5.86. The van der Waals surface area contributed by atoms with Gasteiger partial charge < -0.3 is 25.7 Å². The zero-order chi connectivity index (χ0) is 16.2. The van der Waals surface area contributed by atoms with Crippen molar-refractivity contribution in [1.29, 1.82) is 0 Å². The fraction of sp³-hybridized carbons (Fsp3) is 0.417. The largest absolute Gasteiger partial charge is 0.394 e. The highest BCUT2D eigenvalue weighted by Crippen LogP contribution is 2.31. The fourth-order valence-corrected chi connectivity index (χ4v) is 6.15. The van der Waals surface area contributed by atoms with Crippen LogP contribution in [-0.2, 0) is 0 Å². The van der Waals surface area contributed by atoms with Gasteiger partial charge in [0.1, 0.15) is 6.10 Å². The Morgan fingerprint density at radius 3 is 2.29 bits per heavy atom. The van der Waals surface area contributed by atoms with Crippen LogP contribution in [0.15, 0.2) is 6.07 Å². The highest BCUT2D eigenvalue weighted by atomic mass is 127. The normalized spacial score (nSPS) is 13.9. The van der Waals surface area contributed by atoms with Gasteiger partial charge in [-0.05, 0) is 73.8 Å². The topological polar surface area (TPSA) is 110 Å². The van der Waals surface area contributed by atoms with E-state index in [2.05, 4.69) is 5.32 Å². The lowest BCUT2D eigenvalue weighted by Crippen LogP contribution is -2.35. The van der Waals surface area contributed by atoms with E-state index in [0.717, 1.165) is 3.57 Å². The Kier molecular flexibility index (Phi) is 8.59. The summed E-state index contributed by atoms with van der Waals surface area (Å²) in [5.74, 6) is -0.404. The summed E-state index contributed by atoms with van der Waals surface area (Å²) in [6, 6.07) is 1.74. The molecule has 0 saturated heterocycles. The predicted octanol–water partition coefficient (Wildman–Crippen LogP) is 0.609. The summed E-state index contributed by atoms with van der Waals surface area (Å²) in [5.41, 5.74) is 0.885. The molecule has 0 heterocycles. The predicted molar refractivity (Wildman–Crippen MR) is 102 cm³/mol. The molecular formula is C12H14I3NO5. The molecule has 0 aliphatic heterocycles. The Morgan fingerprint density at radius 2 is 1.76 bits per heavy atom. The lowest BCUT2D eigenvalue weighted by molar-refractivity contribution is 0.0798. The molecule has 2 atom stereocenters. The first kappa shape index (κ1) is 19.8. The van der Waals surface area contributed by atoms with Crippen LogP contribution in [0.3, 0.4) is 0 Å². The summed E-state index contributed by atoms with van der Waals surface area (Å²) in [6.07, 6.45) is -2.08. The van der Waals surface area contributed by atoms with E-state index in [9.17, 15) is 15.0 Å². The molecule has 1 amide bonds. The van der Waals surface area contributed by atoms with Crippen LogP contribution in [0.1, 0.15) is 22.0 Å². The first-order chi connectivity index (χ1) is 9.83. The van der Waals surface area contributed by atoms with Gasteiger partial charge in [-0.1, -0.05) is 0 Å². The van der Waals surface area contributed by atoms with Crippen molar-refractivity contribution in [2.45, 2.75) is 12.2 Å². The Bertz CT molecular complexity index is 526. The zero-order valence-corrected chi connectivity index (χ0v) is 17.2. The van der Waals surface area contributed by atoms with Crippen LogP contribution in [0, 0.1) is 10.7 Å². The first-order valence-corrected chi connectivity index (χ1v) is 9.10. The van der Waals surface area contributed by atoms with Crippen LogP contribution in [-0.4, -0.2) is 52.2 Å². The maximum Gasteiger partial charge on any atom is 0.253 e. The van der Waals surface area contributed by atoms with Crippen LogP contribution in [0.2, 0.25) is 0 Å². The molecule has 1 aromatic rings. The summed E-state index contributed by atoms with van der Waals surface area (Å²) >= 11 is 6.02. The minimum atomic E-state index is -1.06. The second-order valence-corrected chi connectivity index (χ2v) is 7.59. The molecule has 5 N–H and O–H groups in total. The third-order valence-corrected chi connectivity index (χ3v) is 5.51. The molecule has 6 nitrogen and oxygen atoms in total. The van der Waals surface area contributed by atoms with Crippen LogP contribution in [0.4, 0.5) is 0 Å². The van der Waals surface area contributed by atoms with Gasteiger partial charge in [0.05, 0.1) is 24.9 Å². The maximum atomic E-state index is 12.2. The Morgan fingerprint density at radius 1 is 1.14 bits per heavy atom. The number of carbonyl (C=O) groups is 1. The number of aliphatic hydroxyl groups excluding tert-OH is 4. The molecule has 0 aromatic heterocycles. The molecular weight excluding hydrogens is 619 g/mol. The molecule has 0 aliphatic rings. The molecule has 0 radical (unpaired) electrons. The van der Waals surface area contributed by atoms with E-state index in [-0.39, 0.29) is 6.54 Å². The molecule has 0 fully saturated rings. The maximum absolute atomic E-state index is 12.2. The van der Waals surface area contributed by atoms with Crippen molar-refractivity contribution >= 4 is 73.7 Å². The summed E-state index contributed by atoms with van der Waals surface area (Å²) in [6.45, 7) is -0.933. The van der Waals surface area contributed by atoms with Gasteiger partial charge in [-0.2, -0.15) is 0 Å². The van der Waals surface area contributed by atoms with Crippen molar-refractivity contribution in [3.05, 3.63) is 27.9 Å². The molecule has 0 saturated carbocycles. The SMILES string of the molecule is O=C(NCC(O)CO)c1c(I)cc(I)c(C(O)CO)c1I. The lowest BCUT2D eigenvalue weighted by atomic mass is 10.1. The number of hydrogen-bond donors (Lipinski definition) is 5. The van der Waals surface area contributed by atoms with Crippen LogP contribution in [0.25, 0.3) is 0 Å². The Labute approximate surface area is 162 Å². The number of halogens is 3. The van der Waals surface area contributed by atoms with Gasteiger partial charge in [-0.3, -0.25) is 4.79 Å². The van der Waals surface area contributed by atoms with Gasteiger partial charge in [0.25, 0.3) is 5.91 Å². The minimum Gasteiger partial charge on any atom is -0.394 e. The number of amides is 1. The minimum absolute atomic E-state index is 0.0641. The molecule has 2 unspecified atom stereocenters. The summed E-state index contributed by atoms with van der Waals surface area (Å²) in [4.78, 5) is 12.2. The zero-order valence-electron chi connectivity index (χ0n) is 10.7. The lowest BCUT2D eigenvalue weighted by Gasteiger charge is -2.18. The smallest absolute Gasteiger partial charge is 0.253 e. The van der Waals surface area contributed by atoms with Crippen molar-refractivity contribution in [1.82, 2.24) is 5.32 Å². The number of benzene rings is 1. The monoisotopic (exact) mass is 633 g/mol. The standard InChI is InChI=1S/C12H14I3NO5/c13-6-1-7(14)10(11(15)9(6)8(20)4-18)12(21)16-2-5(19)3-17/h1,5,8,17-20H,2-4H2,(H,16,21). The number of rotatable bonds is 6. The van der Waals surface area contributed by atoms with Crippen molar-refractivity contribution in [2.24, 2.45) is 0 Å². The number of nitrogens with one attached hydrogen (secondary N) is 1. The van der Waals surface area contributed by atoms with Crippen LogP contribution in [0.5, 0.6) is 0 Å². The molecule has 0 spiro atoms. The molecule has 0 bridgehead atoms. The fourth-order valence-electron chi connectivity index (χ4n) is 1.57. The second kappa shape index (κ2) is 9.12. The summed E-state index contributed by atoms with van der Waals surface area (Å²) in [7, 11) is 0. The van der Waals surface area contributed by atoms with E-state index >= 15 is 0 Å². The van der Waals surface area contributed by atoms with Gasteiger partial charge in [0, 0.05) is 22.8 Å². The summed E-state index contributed by atoms with van der Waals surface area (Å²) in [5, 5.41) is 39.6. The van der Waals surface area contributed by atoms with E-state index < -0.39 is 31.3 Å². The van der Waals surface area contributed by atoms with Gasteiger partial charge >= 0.3 is 0 Å². The van der Waals surface area contributed by atoms with E-state index in [1.807, 2.05) is 67.8 Å². The number of aliphatic hydroxyl groups is 4. The molecule has 118 valence electrons. The quantitative estimate of drug-likeness (QED) is 0.296. The van der Waals surface area contributed by atoms with Crippen molar-refractivity contribution in [2.75, 3.05) is 19.8 Å². The van der Waals surface area contributed by atoms with Crippen molar-refractivity contribution in [3.8, 4) is 0 Å². The van der Waals surface area contributed by atoms with Crippen molar-refractivity contribution < 1.29 is 25.2 Å². The summed E-state index contributed by atoms with van der Waals surface area (Å²) < 4.78 is 2.02. The highest BCUT2D eigenvalue weighted by Gasteiger charge is 2.23. The second-order valence-electron chi connectivity index (χ2n) is 4.19. The van der Waals surface area contributed by atoms with Gasteiger partial charge in [-0.15, -0.1) is 0 Å². The molecule has 9 heteroatoms. The Hall–Kier alpha value is 0.720. The van der Waals surface area contributed by atoms with E-state index in [1.165, 1.54) is 0 Å².